The molecule has 0 atom stereocenters. The normalized spacial score (nSPS) is 10.1. The van der Waals surface area contributed by atoms with Crippen molar-refractivity contribution in [1.82, 2.24) is 0 Å². The second-order valence-electron chi connectivity index (χ2n) is 3.57. The molecule has 80 valence electrons. The molecule has 16 heavy (non-hydrogen) atoms. The van der Waals surface area contributed by atoms with Gasteiger partial charge in [0, 0.05) is 5.56 Å². The van der Waals surface area contributed by atoms with Crippen molar-refractivity contribution in [2.75, 3.05) is 6.54 Å². The van der Waals surface area contributed by atoms with Crippen LogP contribution in [0.25, 0.3) is 11.1 Å². The lowest BCUT2D eigenvalue weighted by molar-refractivity contribution is 0.100. The molecule has 2 aromatic carbocycles. The molecule has 0 aliphatic rings. The number of rotatable bonds is 3. The van der Waals surface area contributed by atoms with Crippen LogP contribution in [0.3, 0.4) is 0 Å². The second kappa shape index (κ2) is 4.73. The fourth-order valence-corrected chi connectivity index (χ4v) is 1.62. The molecule has 2 N–H and O–H groups in total. The SMILES string of the molecule is NCC(=O)c1cccc(-c2ccccc2)c1. The van der Waals surface area contributed by atoms with Crippen molar-refractivity contribution in [2.45, 2.75) is 0 Å². The number of Topliss-reactive ketones (excluding diaryl/α,β-unsaturated/α-hetero) is 1. The predicted octanol–water partition coefficient (Wildman–Crippen LogP) is 2.50. The zero-order valence-electron chi connectivity index (χ0n) is 8.89. The summed E-state index contributed by atoms with van der Waals surface area (Å²) in [6.07, 6.45) is 0. The maximum absolute atomic E-state index is 11.5. The molecular weight excluding hydrogens is 198 g/mol. The minimum atomic E-state index is -0.0298. The van der Waals surface area contributed by atoms with Crippen LogP contribution in [-0.2, 0) is 0 Å². The smallest absolute Gasteiger partial charge is 0.176 e. The third-order valence-corrected chi connectivity index (χ3v) is 2.48. The van der Waals surface area contributed by atoms with Crippen molar-refractivity contribution in [3.63, 3.8) is 0 Å². The first-order valence-corrected chi connectivity index (χ1v) is 5.20. The van der Waals surface area contributed by atoms with Crippen molar-refractivity contribution < 1.29 is 4.79 Å². The van der Waals surface area contributed by atoms with E-state index in [2.05, 4.69) is 0 Å². The van der Waals surface area contributed by atoms with Crippen molar-refractivity contribution in [3.05, 3.63) is 60.2 Å². The molecule has 0 amide bonds. The van der Waals surface area contributed by atoms with Gasteiger partial charge in [-0.25, -0.2) is 0 Å². The Morgan fingerprint density at radius 2 is 1.62 bits per heavy atom. The van der Waals surface area contributed by atoms with E-state index in [1.807, 2.05) is 48.5 Å². The number of ketones is 1. The third-order valence-electron chi connectivity index (χ3n) is 2.48. The summed E-state index contributed by atoms with van der Waals surface area (Å²) >= 11 is 0. The first kappa shape index (κ1) is 10.6. The van der Waals surface area contributed by atoms with Crippen molar-refractivity contribution in [3.8, 4) is 11.1 Å². The van der Waals surface area contributed by atoms with Crippen LogP contribution in [-0.4, -0.2) is 12.3 Å². The number of hydrogen-bond acceptors (Lipinski definition) is 2. The first-order chi connectivity index (χ1) is 7.81. The standard InChI is InChI=1S/C14H13NO/c15-10-14(16)13-8-4-7-12(9-13)11-5-2-1-3-6-11/h1-9H,10,15H2. The fourth-order valence-electron chi connectivity index (χ4n) is 1.62. The maximum atomic E-state index is 11.5. The van der Waals surface area contributed by atoms with Gasteiger partial charge in [-0.05, 0) is 17.2 Å². The average molecular weight is 211 g/mol. The monoisotopic (exact) mass is 211 g/mol. The molecule has 0 aliphatic heterocycles. The van der Waals surface area contributed by atoms with Gasteiger partial charge in [0.1, 0.15) is 0 Å². The zero-order valence-corrected chi connectivity index (χ0v) is 8.89. The quantitative estimate of drug-likeness (QED) is 0.792. The minimum absolute atomic E-state index is 0.0298. The highest BCUT2D eigenvalue weighted by atomic mass is 16.1. The van der Waals surface area contributed by atoms with Crippen molar-refractivity contribution in [2.24, 2.45) is 5.73 Å². The Balaban J connectivity index is 2.40. The van der Waals surface area contributed by atoms with Gasteiger partial charge in [0.05, 0.1) is 6.54 Å². The molecule has 0 bridgehead atoms. The van der Waals surface area contributed by atoms with Gasteiger partial charge in [-0.3, -0.25) is 4.79 Å². The van der Waals surface area contributed by atoms with Crippen LogP contribution in [0, 0.1) is 0 Å². The molecule has 0 unspecified atom stereocenters. The Labute approximate surface area is 94.7 Å². The Kier molecular flexibility index (Phi) is 3.13. The van der Waals surface area contributed by atoms with E-state index in [1.54, 1.807) is 6.07 Å². The first-order valence-electron chi connectivity index (χ1n) is 5.20. The highest BCUT2D eigenvalue weighted by molar-refractivity contribution is 5.98. The number of benzene rings is 2. The maximum Gasteiger partial charge on any atom is 0.176 e. The van der Waals surface area contributed by atoms with Gasteiger partial charge in [0.2, 0.25) is 0 Å². The van der Waals surface area contributed by atoms with Gasteiger partial charge in [0.15, 0.2) is 5.78 Å². The lowest BCUT2D eigenvalue weighted by Crippen LogP contribution is -2.13. The van der Waals surface area contributed by atoms with Crippen LogP contribution in [0.2, 0.25) is 0 Å². The van der Waals surface area contributed by atoms with E-state index in [9.17, 15) is 4.79 Å². The van der Waals surface area contributed by atoms with E-state index >= 15 is 0 Å². The molecule has 0 spiro atoms. The molecule has 0 saturated heterocycles. The van der Waals surface area contributed by atoms with Gasteiger partial charge in [-0.1, -0.05) is 48.5 Å². The summed E-state index contributed by atoms with van der Waals surface area (Å²) in [6, 6.07) is 17.5. The van der Waals surface area contributed by atoms with Gasteiger partial charge < -0.3 is 5.73 Å². The molecule has 0 radical (unpaired) electrons. The van der Waals surface area contributed by atoms with Crippen LogP contribution >= 0.6 is 0 Å². The Hall–Kier alpha value is -1.93. The molecule has 0 aromatic heterocycles. The van der Waals surface area contributed by atoms with Gasteiger partial charge in [0.25, 0.3) is 0 Å². The summed E-state index contributed by atoms with van der Waals surface area (Å²) in [5.41, 5.74) is 8.16. The van der Waals surface area contributed by atoms with Crippen LogP contribution < -0.4 is 5.73 Å². The molecule has 2 aromatic rings. The Morgan fingerprint density at radius 1 is 0.938 bits per heavy atom. The molecular formula is C14H13NO. The van der Waals surface area contributed by atoms with E-state index < -0.39 is 0 Å². The van der Waals surface area contributed by atoms with Crippen molar-refractivity contribution in [1.29, 1.82) is 0 Å². The molecule has 0 heterocycles. The van der Waals surface area contributed by atoms with Crippen molar-refractivity contribution >= 4 is 5.78 Å². The lowest BCUT2D eigenvalue weighted by atomic mass is 10.0. The molecule has 2 rings (SSSR count). The van der Waals surface area contributed by atoms with E-state index in [0.717, 1.165) is 11.1 Å². The minimum Gasteiger partial charge on any atom is -0.324 e. The van der Waals surface area contributed by atoms with Gasteiger partial charge in [-0.2, -0.15) is 0 Å². The lowest BCUT2D eigenvalue weighted by Gasteiger charge is -2.03. The van der Waals surface area contributed by atoms with Gasteiger partial charge in [-0.15, -0.1) is 0 Å². The average Bonchev–Trinajstić information content (AvgIpc) is 2.39. The molecule has 2 nitrogen and oxygen atoms in total. The second-order valence-corrected chi connectivity index (χ2v) is 3.57. The number of nitrogens with two attached hydrogens (primary N) is 1. The molecule has 0 fully saturated rings. The number of carbonyl (C=O) groups excluding carboxylic acids is 1. The van der Waals surface area contributed by atoms with E-state index in [1.165, 1.54) is 0 Å². The zero-order chi connectivity index (χ0) is 11.4. The van der Waals surface area contributed by atoms with E-state index in [0.29, 0.717) is 5.56 Å². The largest absolute Gasteiger partial charge is 0.324 e. The van der Waals surface area contributed by atoms with Crippen LogP contribution in [0.15, 0.2) is 54.6 Å². The molecule has 0 saturated carbocycles. The Morgan fingerprint density at radius 3 is 2.31 bits per heavy atom. The van der Waals surface area contributed by atoms with Crippen LogP contribution in [0.1, 0.15) is 10.4 Å². The molecule has 2 heteroatoms. The number of hydrogen-bond donors (Lipinski definition) is 1. The predicted molar refractivity (Wildman–Crippen MR) is 65.3 cm³/mol. The Bertz CT molecular complexity index is 491. The third kappa shape index (κ3) is 2.18. The van der Waals surface area contributed by atoms with E-state index in [4.69, 9.17) is 5.73 Å². The van der Waals surface area contributed by atoms with Crippen LogP contribution in [0.5, 0.6) is 0 Å². The number of carbonyl (C=O) groups is 1. The fraction of sp³-hybridized carbons (Fsp3) is 0.0714. The molecule has 0 aliphatic carbocycles. The highest BCUT2D eigenvalue weighted by Gasteiger charge is 2.04. The summed E-state index contributed by atoms with van der Waals surface area (Å²) in [5, 5.41) is 0. The van der Waals surface area contributed by atoms with Gasteiger partial charge >= 0.3 is 0 Å². The highest BCUT2D eigenvalue weighted by Crippen LogP contribution is 2.19. The summed E-state index contributed by atoms with van der Waals surface area (Å²) in [6.45, 7) is 0.0538. The van der Waals surface area contributed by atoms with Crippen LogP contribution in [0.4, 0.5) is 0 Å². The summed E-state index contributed by atoms with van der Waals surface area (Å²) in [4.78, 5) is 11.5. The van der Waals surface area contributed by atoms with E-state index in [-0.39, 0.29) is 12.3 Å². The summed E-state index contributed by atoms with van der Waals surface area (Å²) in [5.74, 6) is -0.0298. The summed E-state index contributed by atoms with van der Waals surface area (Å²) in [7, 11) is 0. The topological polar surface area (TPSA) is 43.1 Å². The summed E-state index contributed by atoms with van der Waals surface area (Å²) < 4.78 is 0.